The molecule has 0 saturated carbocycles. The number of aromatic nitrogens is 1. The summed E-state index contributed by atoms with van der Waals surface area (Å²) in [6, 6.07) is 6.76. The quantitative estimate of drug-likeness (QED) is 0.771. The molecule has 0 radical (unpaired) electrons. The van der Waals surface area contributed by atoms with Gasteiger partial charge in [0, 0.05) is 28.1 Å². The van der Waals surface area contributed by atoms with E-state index in [-0.39, 0.29) is 5.75 Å². The highest BCUT2D eigenvalue weighted by Crippen LogP contribution is 2.27. The Morgan fingerprint density at radius 3 is 2.37 bits per heavy atom. The van der Waals surface area contributed by atoms with E-state index < -0.39 is 0 Å². The van der Waals surface area contributed by atoms with Gasteiger partial charge in [-0.2, -0.15) is 0 Å². The number of pyridine rings is 1. The van der Waals surface area contributed by atoms with Gasteiger partial charge in [0.25, 0.3) is 0 Å². The number of benzene rings is 1. The second kappa shape index (κ2) is 6.57. The number of hydrogen-bond acceptors (Lipinski definition) is 4. The zero-order valence-electron chi connectivity index (χ0n) is 9.53. The topological polar surface area (TPSA) is 45.2 Å². The fourth-order valence-electron chi connectivity index (χ4n) is 1.39. The number of hydrogen-bond donors (Lipinski definition) is 2. The Morgan fingerprint density at radius 1 is 1.05 bits per heavy atom. The van der Waals surface area contributed by atoms with Gasteiger partial charge in [0.2, 0.25) is 0 Å². The summed E-state index contributed by atoms with van der Waals surface area (Å²) in [5.74, 6) is 0.996. The van der Waals surface area contributed by atoms with Crippen molar-refractivity contribution >= 4 is 52.6 Å². The lowest BCUT2D eigenvalue weighted by atomic mass is 10.2. The van der Waals surface area contributed by atoms with Crippen molar-refractivity contribution in [3.8, 4) is 5.75 Å². The molecule has 1 heterocycles. The molecule has 100 valence electrons. The molecule has 0 aliphatic carbocycles. The summed E-state index contributed by atoms with van der Waals surface area (Å²) in [4.78, 5) is 3.98. The zero-order chi connectivity index (χ0) is 13.8. The highest BCUT2D eigenvalue weighted by molar-refractivity contribution is 7.99. The summed E-state index contributed by atoms with van der Waals surface area (Å²) in [6.07, 6.45) is 1.46. The third-order valence-corrected chi connectivity index (χ3v) is 3.62. The number of rotatable bonds is 4. The van der Waals surface area contributed by atoms with E-state index >= 15 is 0 Å². The molecule has 0 bridgehead atoms. The number of aromatic hydroxyl groups is 1. The van der Waals surface area contributed by atoms with Crippen molar-refractivity contribution in [1.29, 1.82) is 0 Å². The van der Waals surface area contributed by atoms with E-state index in [0.717, 1.165) is 5.56 Å². The first-order valence-electron chi connectivity index (χ1n) is 5.22. The summed E-state index contributed by atoms with van der Waals surface area (Å²) in [7, 11) is 0. The monoisotopic (exact) mass is 334 g/mol. The average Bonchev–Trinajstić information content (AvgIpc) is 2.30. The van der Waals surface area contributed by atoms with Gasteiger partial charge in [0.1, 0.15) is 0 Å². The van der Waals surface area contributed by atoms with Gasteiger partial charge < -0.3 is 9.83 Å². The molecule has 0 atom stereocenters. The number of nitrogens with one attached hydrogen (secondary N) is 1. The second-order valence-corrected chi connectivity index (χ2v) is 5.78. The number of nitrogens with zero attached hydrogens (tertiary/aromatic N) is 1. The van der Waals surface area contributed by atoms with Crippen molar-refractivity contribution in [3.63, 3.8) is 0 Å². The molecule has 1 aromatic carbocycles. The normalized spacial score (nSPS) is 10.5. The Labute approximate surface area is 130 Å². The van der Waals surface area contributed by atoms with Crippen LogP contribution in [0.25, 0.3) is 0 Å². The Hall–Kier alpha value is -0.810. The predicted octanol–water partition coefficient (Wildman–Crippen LogP) is 5.01. The fourth-order valence-corrected chi connectivity index (χ4v) is 2.81. The van der Waals surface area contributed by atoms with E-state index in [4.69, 9.17) is 34.8 Å². The molecular weight excluding hydrogens is 327 g/mol. The predicted molar refractivity (Wildman–Crippen MR) is 82.3 cm³/mol. The van der Waals surface area contributed by atoms with E-state index in [1.54, 1.807) is 6.07 Å². The van der Waals surface area contributed by atoms with Crippen molar-refractivity contribution in [2.45, 2.75) is 5.75 Å². The SMILES string of the molecule is Oc1cc(Cl)cnc1NSCc1cc(Cl)cc(Cl)c1. The summed E-state index contributed by atoms with van der Waals surface area (Å²) in [5, 5.41) is 11.2. The molecule has 2 aromatic rings. The zero-order valence-corrected chi connectivity index (χ0v) is 12.6. The minimum atomic E-state index is 0.00382. The van der Waals surface area contributed by atoms with Gasteiger partial charge >= 0.3 is 0 Å². The van der Waals surface area contributed by atoms with Crippen LogP contribution in [0, 0.1) is 0 Å². The van der Waals surface area contributed by atoms with Gasteiger partial charge in [0.05, 0.1) is 5.02 Å². The minimum absolute atomic E-state index is 0.00382. The van der Waals surface area contributed by atoms with Gasteiger partial charge in [-0.1, -0.05) is 34.8 Å². The molecule has 0 amide bonds. The Morgan fingerprint density at radius 2 is 1.74 bits per heavy atom. The van der Waals surface area contributed by atoms with Gasteiger partial charge in [-0.05, 0) is 35.7 Å². The van der Waals surface area contributed by atoms with E-state index in [1.165, 1.54) is 24.2 Å². The van der Waals surface area contributed by atoms with Crippen LogP contribution < -0.4 is 4.72 Å². The summed E-state index contributed by atoms with van der Waals surface area (Å²) in [5.41, 5.74) is 0.975. The lowest BCUT2D eigenvalue weighted by Crippen LogP contribution is -1.92. The molecule has 3 nitrogen and oxygen atoms in total. The smallest absolute Gasteiger partial charge is 0.178 e. The molecule has 19 heavy (non-hydrogen) atoms. The van der Waals surface area contributed by atoms with Crippen LogP contribution in [-0.2, 0) is 5.75 Å². The molecule has 0 unspecified atom stereocenters. The highest BCUT2D eigenvalue weighted by Gasteiger charge is 2.04. The number of halogens is 3. The lowest BCUT2D eigenvalue weighted by molar-refractivity contribution is 0.476. The maximum atomic E-state index is 9.61. The van der Waals surface area contributed by atoms with Crippen molar-refractivity contribution in [2.75, 3.05) is 4.72 Å². The van der Waals surface area contributed by atoms with Crippen molar-refractivity contribution < 1.29 is 5.11 Å². The van der Waals surface area contributed by atoms with Crippen molar-refractivity contribution in [1.82, 2.24) is 4.98 Å². The van der Waals surface area contributed by atoms with Crippen LogP contribution in [0.3, 0.4) is 0 Å². The molecule has 2 rings (SSSR count). The summed E-state index contributed by atoms with van der Waals surface area (Å²) < 4.78 is 2.94. The third-order valence-electron chi connectivity index (χ3n) is 2.16. The third kappa shape index (κ3) is 4.35. The maximum absolute atomic E-state index is 9.61. The van der Waals surface area contributed by atoms with Gasteiger partial charge in [-0.15, -0.1) is 0 Å². The molecule has 7 heteroatoms. The second-order valence-electron chi connectivity index (χ2n) is 3.69. The van der Waals surface area contributed by atoms with E-state index in [0.29, 0.717) is 26.6 Å². The summed E-state index contributed by atoms with van der Waals surface area (Å²) in [6.45, 7) is 0. The van der Waals surface area contributed by atoms with Gasteiger partial charge in [0.15, 0.2) is 11.6 Å². The first-order valence-corrected chi connectivity index (χ1v) is 7.34. The van der Waals surface area contributed by atoms with Crippen molar-refractivity contribution in [2.24, 2.45) is 0 Å². The van der Waals surface area contributed by atoms with E-state index in [1.807, 2.05) is 12.1 Å². The Balaban J connectivity index is 1.96. The maximum Gasteiger partial charge on any atom is 0.178 e. The molecule has 0 spiro atoms. The van der Waals surface area contributed by atoms with Crippen LogP contribution in [0.5, 0.6) is 5.75 Å². The highest BCUT2D eigenvalue weighted by atomic mass is 35.5. The standard InChI is InChI=1S/C12H9Cl3N2OS/c13-8-1-7(2-9(14)3-8)6-19-17-12-11(18)4-10(15)5-16-12/h1-5,18H,6H2,(H,16,17). The minimum Gasteiger partial charge on any atom is -0.504 e. The van der Waals surface area contributed by atoms with Crippen LogP contribution in [-0.4, -0.2) is 10.1 Å². The van der Waals surface area contributed by atoms with Gasteiger partial charge in [-0.25, -0.2) is 4.98 Å². The molecular formula is C12H9Cl3N2OS. The van der Waals surface area contributed by atoms with Gasteiger partial charge in [-0.3, -0.25) is 0 Å². The van der Waals surface area contributed by atoms with Crippen molar-refractivity contribution in [3.05, 3.63) is 51.1 Å². The lowest BCUT2D eigenvalue weighted by Gasteiger charge is -2.07. The Bertz CT molecular complexity index is 575. The number of anilines is 1. The molecule has 0 saturated heterocycles. The fraction of sp³-hybridized carbons (Fsp3) is 0.0833. The van der Waals surface area contributed by atoms with Crippen LogP contribution in [0.15, 0.2) is 30.5 Å². The largest absolute Gasteiger partial charge is 0.504 e. The molecule has 0 fully saturated rings. The molecule has 0 aliphatic heterocycles. The van der Waals surface area contributed by atoms with Crippen LogP contribution in [0.4, 0.5) is 5.82 Å². The van der Waals surface area contributed by atoms with Crippen LogP contribution >= 0.6 is 46.8 Å². The molecule has 2 N–H and O–H groups in total. The van der Waals surface area contributed by atoms with Crippen LogP contribution in [0.1, 0.15) is 5.56 Å². The first-order chi connectivity index (χ1) is 9.04. The molecule has 1 aromatic heterocycles. The van der Waals surface area contributed by atoms with E-state index in [2.05, 4.69) is 9.71 Å². The average molecular weight is 336 g/mol. The Kier molecular flexibility index (Phi) is 5.05. The molecule has 0 aliphatic rings. The van der Waals surface area contributed by atoms with Crippen LogP contribution in [0.2, 0.25) is 15.1 Å². The first kappa shape index (κ1) is 14.6. The summed E-state index contributed by atoms with van der Waals surface area (Å²) >= 11 is 18.9. The van der Waals surface area contributed by atoms with E-state index in [9.17, 15) is 5.11 Å².